The third-order valence-corrected chi connectivity index (χ3v) is 5.25. The van der Waals surface area contributed by atoms with E-state index in [9.17, 15) is 14.9 Å². The highest BCUT2D eigenvalue weighted by Crippen LogP contribution is 2.25. The highest BCUT2D eigenvalue weighted by atomic mass is 16.5. The molecular formula is C27H22N4O3. The Balaban J connectivity index is 1.82. The number of nitrogens with one attached hydrogen (secondary N) is 1. The molecule has 0 fully saturated rings. The fourth-order valence-electron chi connectivity index (χ4n) is 3.34. The summed E-state index contributed by atoms with van der Waals surface area (Å²) in [7, 11) is 0. The predicted molar refractivity (Wildman–Crippen MR) is 131 cm³/mol. The lowest BCUT2D eigenvalue weighted by Crippen LogP contribution is -2.20. The highest BCUT2D eigenvalue weighted by Gasteiger charge is 2.18. The van der Waals surface area contributed by atoms with Crippen LogP contribution in [0.15, 0.2) is 77.2 Å². The molecule has 7 heteroatoms. The van der Waals surface area contributed by atoms with Gasteiger partial charge in [-0.2, -0.15) is 10.2 Å². The first-order chi connectivity index (χ1) is 16.4. The first-order valence-corrected chi connectivity index (χ1v) is 10.6. The second-order valence-electron chi connectivity index (χ2n) is 7.93. The summed E-state index contributed by atoms with van der Waals surface area (Å²) >= 11 is 0. The van der Waals surface area contributed by atoms with Crippen LogP contribution in [0.1, 0.15) is 22.3 Å². The van der Waals surface area contributed by atoms with Gasteiger partial charge in [-0.3, -0.25) is 14.0 Å². The van der Waals surface area contributed by atoms with Crippen LogP contribution in [-0.4, -0.2) is 15.3 Å². The molecule has 0 bridgehead atoms. The van der Waals surface area contributed by atoms with Gasteiger partial charge in [-0.1, -0.05) is 41.5 Å². The Hall–Kier alpha value is -4.70. The van der Waals surface area contributed by atoms with Crippen molar-refractivity contribution in [3.8, 4) is 17.7 Å². The number of anilines is 1. The van der Waals surface area contributed by atoms with Crippen molar-refractivity contribution in [1.82, 2.24) is 9.38 Å². The Morgan fingerprint density at radius 1 is 1.03 bits per heavy atom. The van der Waals surface area contributed by atoms with E-state index in [1.54, 1.807) is 36.5 Å². The number of carbonyl (C=O) groups is 1. The number of amides is 1. The van der Waals surface area contributed by atoms with E-state index in [1.807, 2.05) is 57.2 Å². The summed E-state index contributed by atoms with van der Waals surface area (Å²) in [4.78, 5) is 30.7. The van der Waals surface area contributed by atoms with Crippen LogP contribution in [0, 0.1) is 32.1 Å². The number of ether oxygens (including phenoxy) is 1. The number of fused-ring (bicyclic) bond motifs is 1. The SMILES string of the molecule is Cc1ccc(NC(=O)/C(C#N)=C/c2c(Oc3ccc(C)cc3)nc3c(C)cccn3c2=O)cc1. The van der Waals surface area contributed by atoms with Gasteiger partial charge in [0.15, 0.2) is 0 Å². The van der Waals surface area contributed by atoms with Gasteiger partial charge in [0.05, 0.1) is 0 Å². The maximum absolute atomic E-state index is 13.4. The van der Waals surface area contributed by atoms with E-state index in [0.717, 1.165) is 16.7 Å². The molecule has 0 aliphatic rings. The first-order valence-electron chi connectivity index (χ1n) is 10.6. The Labute approximate surface area is 196 Å². The number of aryl methyl sites for hydroxylation is 3. The summed E-state index contributed by atoms with van der Waals surface area (Å²) in [6.07, 6.45) is 2.81. The van der Waals surface area contributed by atoms with E-state index >= 15 is 0 Å². The molecule has 168 valence electrons. The smallest absolute Gasteiger partial charge is 0.269 e. The maximum Gasteiger partial charge on any atom is 0.269 e. The van der Waals surface area contributed by atoms with Crippen LogP contribution in [0.3, 0.4) is 0 Å². The summed E-state index contributed by atoms with van der Waals surface area (Å²) < 4.78 is 7.33. The van der Waals surface area contributed by atoms with Crippen molar-refractivity contribution in [2.45, 2.75) is 20.8 Å². The van der Waals surface area contributed by atoms with Gasteiger partial charge in [0.2, 0.25) is 5.88 Å². The Morgan fingerprint density at radius 3 is 2.32 bits per heavy atom. The normalized spacial score (nSPS) is 11.2. The molecule has 7 nitrogen and oxygen atoms in total. The molecule has 0 saturated carbocycles. The van der Waals surface area contributed by atoms with Crippen LogP contribution in [0.25, 0.3) is 11.7 Å². The minimum atomic E-state index is -0.638. The van der Waals surface area contributed by atoms with Crippen LogP contribution in [0.4, 0.5) is 5.69 Å². The molecule has 4 rings (SSSR count). The molecular weight excluding hydrogens is 428 g/mol. The van der Waals surface area contributed by atoms with Crippen molar-refractivity contribution in [2.24, 2.45) is 0 Å². The molecule has 1 N–H and O–H groups in total. The second-order valence-corrected chi connectivity index (χ2v) is 7.93. The minimum absolute atomic E-state index is 0.000666. The van der Waals surface area contributed by atoms with Crippen molar-refractivity contribution in [3.63, 3.8) is 0 Å². The van der Waals surface area contributed by atoms with Crippen molar-refractivity contribution in [3.05, 3.63) is 105 Å². The quantitative estimate of drug-likeness (QED) is 0.342. The fraction of sp³-hybridized carbons (Fsp3) is 0.111. The molecule has 0 atom stereocenters. The van der Waals surface area contributed by atoms with Gasteiger partial charge in [-0.15, -0.1) is 0 Å². The van der Waals surface area contributed by atoms with Crippen LogP contribution in [-0.2, 0) is 4.79 Å². The van der Waals surface area contributed by atoms with Crippen molar-refractivity contribution in [1.29, 1.82) is 5.26 Å². The number of benzene rings is 2. The maximum atomic E-state index is 13.4. The molecule has 0 spiro atoms. The van der Waals surface area contributed by atoms with Gasteiger partial charge >= 0.3 is 0 Å². The molecule has 34 heavy (non-hydrogen) atoms. The lowest BCUT2D eigenvalue weighted by atomic mass is 10.1. The molecule has 0 aliphatic carbocycles. The summed E-state index contributed by atoms with van der Waals surface area (Å²) in [5.41, 5.74) is 3.13. The summed E-state index contributed by atoms with van der Waals surface area (Å²) in [6, 6.07) is 19.9. The van der Waals surface area contributed by atoms with Crippen molar-refractivity contribution in [2.75, 3.05) is 5.32 Å². The minimum Gasteiger partial charge on any atom is -0.438 e. The third-order valence-electron chi connectivity index (χ3n) is 5.25. The van der Waals surface area contributed by atoms with Crippen LogP contribution in [0.5, 0.6) is 11.6 Å². The number of hydrogen-bond acceptors (Lipinski definition) is 5. The third kappa shape index (κ3) is 4.71. The monoisotopic (exact) mass is 450 g/mol. The van der Waals surface area contributed by atoms with Crippen LogP contribution < -0.4 is 15.6 Å². The molecule has 2 aromatic heterocycles. The number of nitrogens with zero attached hydrogens (tertiary/aromatic N) is 3. The first kappa shape index (κ1) is 22.5. The number of pyridine rings is 1. The Morgan fingerprint density at radius 2 is 1.68 bits per heavy atom. The average molecular weight is 450 g/mol. The van der Waals surface area contributed by atoms with Crippen LogP contribution >= 0.6 is 0 Å². The van der Waals surface area contributed by atoms with E-state index in [1.165, 1.54) is 10.5 Å². The highest BCUT2D eigenvalue weighted by molar-refractivity contribution is 6.09. The molecule has 0 saturated heterocycles. The van der Waals surface area contributed by atoms with E-state index in [4.69, 9.17) is 4.74 Å². The summed E-state index contributed by atoms with van der Waals surface area (Å²) in [6.45, 7) is 5.72. The molecule has 2 heterocycles. The molecule has 0 radical (unpaired) electrons. The zero-order chi connectivity index (χ0) is 24.2. The number of aromatic nitrogens is 2. The molecule has 2 aromatic carbocycles. The molecule has 1 amide bonds. The largest absolute Gasteiger partial charge is 0.438 e. The summed E-state index contributed by atoms with van der Waals surface area (Å²) in [5.74, 6) is -0.145. The lowest BCUT2D eigenvalue weighted by Gasteiger charge is -2.12. The van der Waals surface area contributed by atoms with Gasteiger partial charge in [-0.25, -0.2) is 0 Å². The average Bonchev–Trinajstić information content (AvgIpc) is 2.82. The van der Waals surface area contributed by atoms with Crippen molar-refractivity contribution >= 4 is 23.3 Å². The van der Waals surface area contributed by atoms with Gasteiger partial charge in [0.1, 0.15) is 28.6 Å². The van der Waals surface area contributed by atoms with Crippen molar-refractivity contribution < 1.29 is 9.53 Å². The van der Waals surface area contributed by atoms with E-state index in [0.29, 0.717) is 17.1 Å². The zero-order valence-corrected chi connectivity index (χ0v) is 19.0. The van der Waals surface area contributed by atoms with Gasteiger partial charge in [-0.05, 0) is 62.7 Å². The fourth-order valence-corrected chi connectivity index (χ4v) is 3.34. The lowest BCUT2D eigenvalue weighted by molar-refractivity contribution is -0.112. The predicted octanol–water partition coefficient (Wildman–Crippen LogP) is 4.96. The topological polar surface area (TPSA) is 96.5 Å². The van der Waals surface area contributed by atoms with E-state index in [2.05, 4.69) is 10.3 Å². The standard InChI is InChI=1S/C27H22N4O3/c1-17-6-10-21(11-7-17)29-25(32)20(16-28)15-23-26(34-22-12-8-18(2)9-13-22)30-24-19(3)5-4-14-31(24)27(23)33/h4-15H,1-3H3,(H,29,32)/b20-15+. The molecule has 0 aliphatic heterocycles. The number of hydrogen-bond donors (Lipinski definition) is 1. The van der Waals surface area contributed by atoms with Crippen LogP contribution in [0.2, 0.25) is 0 Å². The molecule has 0 unspecified atom stereocenters. The van der Waals surface area contributed by atoms with Gasteiger partial charge in [0.25, 0.3) is 11.5 Å². The number of carbonyl (C=O) groups excluding carboxylic acids is 1. The van der Waals surface area contributed by atoms with Gasteiger partial charge in [0, 0.05) is 11.9 Å². The Kier molecular flexibility index (Phi) is 6.24. The van der Waals surface area contributed by atoms with E-state index in [-0.39, 0.29) is 17.0 Å². The Bertz CT molecular complexity index is 1510. The summed E-state index contributed by atoms with van der Waals surface area (Å²) in [5, 5.41) is 12.4. The van der Waals surface area contributed by atoms with Gasteiger partial charge < -0.3 is 10.1 Å². The number of nitriles is 1. The molecule has 4 aromatic rings. The zero-order valence-electron chi connectivity index (χ0n) is 19.0. The second kappa shape index (κ2) is 9.43. The number of rotatable bonds is 5. The van der Waals surface area contributed by atoms with E-state index < -0.39 is 11.5 Å².